The van der Waals surface area contributed by atoms with E-state index in [2.05, 4.69) is 20.8 Å². The van der Waals surface area contributed by atoms with Crippen molar-refractivity contribution >= 4 is 5.71 Å². The van der Waals surface area contributed by atoms with Crippen LogP contribution in [0, 0.1) is 17.2 Å². The number of hydrogen-bond acceptors (Lipinski definition) is 2. The van der Waals surface area contributed by atoms with E-state index >= 15 is 0 Å². The van der Waals surface area contributed by atoms with Gasteiger partial charge >= 0.3 is 0 Å². The first-order valence-electron chi connectivity index (χ1n) is 5.26. The van der Waals surface area contributed by atoms with Crippen LogP contribution in [-0.4, -0.2) is 17.9 Å². The molecule has 0 amide bonds. The summed E-state index contributed by atoms with van der Waals surface area (Å²) in [6, 6.07) is 0. The molecule has 13 heavy (non-hydrogen) atoms. The monoisotopic (exact) mass is 183 g/mol. The third kappa shape index (κ3) is 2.31. The van der Waals surface area contributed by atoms with E-state index in [9.17, 15) is 0 Å². The summed E-state index contributed by atoms with van der Waals surface area (Å²) in [7, 11) is 0. The van der Waals surface area contributed by atoms with Crippen LogP contribution in [0.2, 0.25) is 0 Å². The molecule has 1 heterocycles. The number of rotatable bonds is 2. The van der Waals surface area contributed by atoms with Gasteiger partial charge in [-0.1, -0.05) is 20.8 Å². The zero-order chi connectivity index (χ0) is 10.0. The fourth-order valence-electron chi connectivity index (χ4n) is 2.35. The zero-order valence-electron chi connectivity index (χ0n) is 9.13. The summed E-state index contributed by atoms with van der Waals surface area (Å²) in [5, 5.41) is 7.63. The normalized spacial score (nSPS) is 40.3. The largest absolute Gasteiger partial charge is 0.369 e. The van der Waals surface area contributed by atoms with Crippen LogP contribution >= 0.6 is 0 Å². The van der Waals surface area contributed by atoms with Crippen LogP contribution in [0.3, 0.4) is 0 Å². The van der Waals surface area contributed by atoms with Gasteiger partial charge in [-0.05, 0) is 31.6 Å². The molecular weight excluding hydrogens is 162 g/mol. The molecule has 0 aromatic heterocycles. The standard InChI is InChI=1S/C11H21NO/c1-5-10-7(2)6-8(3)11(13-10)9(4)12/h7-8,10-12H,5-6H2,1-4H3/t7-,8+,10+,11-/m0/s1. The van der Waals surface area contributed by atoms with Gasteiger partial charge in [-0.2, -0.15) is 0 Å². The first-order chi connectivity index (χ1) is 6.06. The fourth-order valence-corrected chi connectivity index (χ4v) is 2.35. The van der Waals surface area contributed by atoms with E-state index in [1.165, 1.54) is 6.42 Å². The molecule has 0 radical (unpaired) electrons. The fraction of sp³-hybridized carbons (Fsp3) is 0.909. The van der Waals surface area contributed by atoms with E-state index < -0.39 is 0 Å². The summed E-state index contributed by atoms with van der Waals surface area (Å²) in [6.45, 7) is 8.45. The molecule has 1 aliphatic heterocycles. The molecule has 1 saturated heterocycles. The number of nitrogens with one attached hydrogen (secondary N) is 1. The molecule has 0 aromatic rings. The lowest BCUT2D eigenvalue weighted by molar-refractivity contribution is -0.0769. The Kier molecular flexibility index (Phi) is 3.48. The highest BCUT2D eigenvalue weighted by Gasteiger charge is 2.33. The van der Waals surface area contributed by atoms with Gasteiger partial charge in [0.25, 0.3) is 0 Å². The van der Waals surface area contributed by atoms with E-state index in [-0.39, 0.29) is 6.10 Å². The van der Waals surface area contributed by atoms with Crippen molar-refractivity contribution in [2.75, 3.05) is 0 Å². The van der Waals surface area contributed by atoms with Crippen molar-refractivity contribution in [2.24, 2.45) is 11.8 Å². The Morgan fingerprint density at radius 2 is 2.00 bits per heavy atom. The summed E-state index contributed by atoms with van der Waals surface area (Å²) < 4.78 is 5.90. The predicted octanol–water partition coefficient (Wildman–Crippen LogP) is 2.87. The smallest absolute Gasteiger partial charge is 0.0975 e. The maximum atomic E-state index is 7.63. The summed E-state index contributed by atoms with van der Waals surface area (Å²) in [4.78, 5) is 0. The third-order valence-electron chi connectivity index (χ3n) is 3.05. The third-order valence-corrected chi connectivity index (χ3v) is 3.05. The van der Waals surface area contributed by atoms with Crippen LogP contribution in [0.4, 0.5) is 0 Å². The van der Waals surface area contributed by atoms with Gasteiger partial charge in [0.05, 0.1) is 12.2 Å². The zero-order valence-corrected chi connectivity index (χ0v) is 9.13. The van der Waals surface area contributed by atoms with Crippen molar-refractivity contribution in [3.63, 3.8) is 0 Å². The highest BCUT2D eigenvalue weighted by molar-refractivity contribution is 5.83. The molecule has 0 spiro atoms. The van der Waals surface area contributed by atoms with Crippen LogP contribution in [0.25, 0.3) is 0 Å². The van der Waals surface area contributed by atoms with Crippen molar-refractivity contribution in [1.82, 2.24) is 0 Å². The lowest BCUT2D eigenvalue weighted by atomic mass is 9.83. The minimum Gasteiger partial charge on any atom is -0.369 e. The van der Waals surface area contributed by atoms with Gasteiger partial charge in [0.15, 0.2) is 0 Å². The summed E-state index contributed by atoms with van der Waals surface area (Å²) in [6.07, 6.45) is 2.69. The maximum absolute atomic E-state index is 7.63. The molecule has 76 valence electrons. The lowest BCUT2D eigenvalue weighted by Gasteiger charge is -2.38. The van der Waals surface area contributed by atoms with E-state index in [1.54, 1.807) is 0 Å². The molecular formula is C11H21NO. The molecule has 0 aliphatic carbocycles. The summed E-state index contributed by atoms with van der Waals surface area (Å²) in [5.74, 6) is 1.16. The van der Waals surface area contributed by atoms with Crippen molar-refractivity contribution in [3.05, 3.63) is 0 Å². The molecule has 1 aliphatic rings. The van der Waals surface area contributed by atoms with E-state index in [1.807, 2.05) is 6.92 Å². The highest BCUT2D eigenvalue weighted by Crippen LogP contribution is 2.31. The second kappa shape index (κ2) is 4.23. The number of hydrogen-bond donors (Lipinski definition) is 1. The molecule has 1 N–H and O–H groups in total. The van der Waals surface area contributed by atoms with Gasteiger partial charge < -0.3 is 10.1 Å². The average molecular weight is 183 g/mol. The van der Waals surface area contributed by atoms with Crippen LogP contribution in [0.1, 0.15) is 40.5 Å². The quantitative estimate of drug-likeness (QED) is 0.656. The second-order valence-corrected chi connectivity index (χ2v) is 4.38. The van der Waals surface area contributed by atoms with Gasteiger partial charge in [0.1, 0.15) is 0 Å². The Bertz CT molecular complexity index is 191. The Morgan fingerprint density at radius 1 is 1.38 bits per heavy atom. The summed E-state index contributed by atoms with van der Waals surface area (Å²) >= 11 is 0. The van der Waals surface area contributed by atoms with E-state index in [4.69, 9.17) is 10.1 Å². The molecule has 0 aromatic carbocycles. The Balaban J connectivity index is 2.63. The Morgan fingerprint density at radius 3 is 2.46 bits per heavy atom. The van der Waals surface area contributed by atoms with Gasteiger partial charge in [-0.3, -0.25) is 0 Å². The minimum absolute atomic E-state index is 0.0705. The topological polar surface area (TPSA) is 33.1 Å². The van der Waals surface area contributed by atoms with Gasteiger partial charge in [0, 0.05) is 5.71 Å². The van der Waals surface area contributed by atoms with Crippen LogP contribution < -0.4 is 0 Å². The molecule has 0 bridgehead atoms. The number of ether oxygens (including phenoxy) is 1. The lowest BCUT2D eigenvalue weighted by Crippen LogP contribution is -2.42. The first kappa shape index (κ1) is 10.7. The van der Waals surface area contributed by atoms with Gasteiger partial charge in [-0.25, -0.2) is 0 Å². The van der Waals surface area contributed by atoms with Gasteiger partial charge in [0.2, 0.25) is 0 Å². The van der Waals surface area contributed by atoms with Crippen LogP contribution in [-0.2, 0) is 4.74 Å². The molecule has 0 unspecified atom stereocenters. The van der Waals surface area contributed by atoms with Crippen LogP contribution in [0.15, 0.2) is 0 Å². The molecule has 1 fully saturated rings. The highest BCUT2D eigenvalue weighted by atomic mass is 16.5. The van der Waals surface area contributed by atoms with Gasteiger partial charge in [-0.15, -0.1) is 0 Å². The predicted molar refractivity (Wildman–Crippen MR) is 55.3 cm³/mol. The second-order valence-electron chi connectivity index (χ2n) is 4.38. The molecule has 1 rings (SSSR count). The Hall–Kier alpha value is -0.370. The van der Waals surface area contributed by atoms with Crippen LogP contribution in [0.5, 0.6) is 0 Å². The maximum Gasteiger partial charge on any atom is 0.0975 e. The first-order valence-corrected chi connectivity index (χ1v) is 5.26. The molecule has 4 atom stereocenters. The molecule has 0 saturated carbocycles. The van der Waals surface area contributed by atoms with E-state index in [0.717, 1.165) is 6.42 Å². The molecule has 2 heteroatoms. The van der Waals surface area contributed by atoms with E-state index in [0.29, 0.717) is 23.7 Å². The summed E-state index contributed by atoms with van der Waals surface area (Å²) in [5.41, 5.74) is 0.679. The Labute approximate surface area is 81.2 Å². The van der Waals surface area contributed by atoms with Crippen molar-refractivity contribution in [2.45, 2.75) is 52.7 Å². The van der Waals surface area contributed by atoms with Crippen molar-refractivity contribution in [1.29, 1.82) is 5.41 Å². The minimum atomic E-state index is 0.0705. The van der Waals surface area contributed by atoms with Crippen molar-refractivity contribution < 1.29 is 4.74 Å². The average Bonchev–Trinajstić information content (AvgIpc) is 2.03. The SMILES string of the molecule is CC[C@H]1O[C@H](C(C)=N)[C@H](C)C[C@@H]1C. The molecule has 2 nitrogen and oxygen atoms in total. The van der Waals surface area contributed by atoms with Crippen molar-refractivity contribution in [3.8, 4) is 0 Å².